The van der Waals surface area contributed by atoms with Crippen LogP contribution in [0.3, 0.4) is 0 Å². The summed E-state index contributed by atoms with van der Waals surface area (Å²) in [7, 11) is 0. The molecule has 0 N–H and O–H groups in total. The molecule has 0 spiro atoms. The van der Waals surface area contributed by atoms with Gasteiger partial charge >= 0.3 is 92.2 Å². The summed E-state index contributed by atoms with van der Waals surface area (Å²) in [6.07, 6.45) is 0. The van der Waals surface area contributed by atoms with Crippen LogP contribution in [0.1, 0.15) is 11.1 Å². The molecule has 0 saturated carbocycles. The van der Waals surface area contributed by atoms with Gasteiger partial charge in [0.25, 0.3) is 0 Å². The summed E-state index contributed by atoms with van der Waals surface area (Å²) in [6.45, 7) is 3.85. The number of halogens is 2. The van der Waals surface area contributed by atoms with Gasteiger partial charge in [-0.3, -0.25) is 0 Å². The Balaban J connectivity index is 3.02. The molecule has 2 nitrogen and oxygen atoms in total. The number of hydrogen-bond acceptors (Lipinski definition) is 2. The van der Waals surface area contributed by atoms with Gasteiger partial charge in [-0.1, -0.05) is 0 Å². The average Bonchev–Trinajstić information content (AvgIpc) is 2.59. The minimum atomic E-state index is -0.0220. The van der Waals surface area contributed by atoms with E-state index in [1.54, 1.807) is 0 Å². The first-order valence-corrected chi connectivity index (χ1v) is 5.98. The van der Waals surface area contributed by atoms with E-state index in [9.17, 15) is 0 Å². The summed E-state index contributed by atoms with van der Waals surface area (Å²) in [5.41, 5.74) is 3.73. The van der Waals surface area contributed by atoms with Gasteiger partial charge in [0.1, 0.15) is 0 Å². The molecule has 0 aliphatic heterocycles. The van der Waals surface area contributed by atoms with E-state index < -0.39 is 0 Å². The number of hydrogen-bond donors (Lipinski definition) is 0. The second-order valence-corrected chi connectivity index (χ2v) is 4.70. The van der Waals surface area contributed by atoms with E-state index in [0.717, 1.165) is 22.2 Å². The normalized spacial score (nSPS) is 11.1. The van der Waals surface area contributed by atoms with Crippen molar-refractivity contribution in [3.8, 4) is 0 Å². The molecule has 0 amide bonds. The monoisotopic (exact) mass is 280 g/mol. The molecule has 0 aliphatic rings. The number of nitrogens with zero attached hydrogens (tertiary/aromatic N) is 2. The van der Waals surface area contributed by atoms with E-state index >= 15 is 0 Å². The Bertz CT molecular complexity index is 436. The molecule has 0 saturated heterocycles. The van der Waals surface area contributed by atoms with Gasteiger partial charge in [-0.25, -0.2) is 0 Å². The number of aromatic nitrogens is 2. The van der Waals surface area contributed by atoms with Crippen LogP contribution < -0.4 is 0 Å². The summed E-state index contributed by atoms with van der Waals surface area (Å²) in [6, 6.07) is 0. The predicted molar refractivity (Wildman–Crippen MR) is 56.0 cm³/mol. The standard InChI is InChI=1S/C8H6Cl2N2Se/c1-3-5(9)6(10)4(2)8-7(3)11-13-12-8/h1-2H3. The average molecular weight is 280 g/mol. The molecule has 0 bridgehead atoms. The van der Waals surface area contributed by atoms with Crippen molar-refractivity contribution in [2.24, 2.45) is 0 Å². The van der Waals surface area contributed by atoms with Crippen LogP contribution in [-0.2, 0) is 0 Å². The summed E-state index contributed by atoms with van der Waals surface area (Å²) in [5, 5.41) is 1.21. The van der Waals surface area contributed by atoms with Crippen molar-refractivity contribution < 1.29 is 0 Å². The first-order valence-electron chi connectivity index (χ1n) is 3.69. The molecule has 0 unspecified atom stereocenters. The van der Waals surface area contributed by atoms with Crippen LogP contribution in [-0.4, -0.2) is 22.9 Å². The van der Waals surface area contributed by atoms with Gasteiger partial charge in [0.15, 0.2) is 0 Å². The summed E-state index contributed by atoms with van der Waals surface area (Å²) in [5.74, 6) is 0. The fourth-order valence-corrected chi connectivity index (χ4v) is 3.05. The fraction of sp³-hybridized carbons (Fsp3) is 0.250. The Morgan fingerprint density at radius 1 is 0.923 bits per heavy atom. The first kappa shape index (κ1) is 9.47. The third kappa shape index (κ3) is 1.31. The van der Waals surface area contributed by atoms with Gasteiger partial charge in [0, 0.05) is 0 Å². The van der Waals surface area contributed by atoms with Gasteiger partial charge in [-0.05, 0) is 0 Å². The Morgan fingerprint density at radius 2 is 1.31 bits per heavy atom. The van der Waals surface area contributed by atoms with Crippen LogP contribution in [0.2, 0.25) is 10.0 Å². The van der Waals surface area contributed by atoms with E-state index in [0.29, 0.717) is 10.0 Å². The Morgan fingerprint density at radius 3 is 1.69 bits per heavy atom. The maximum atomic E-state index is 6.04. The molecular weight excluding hydrogens is 274 g/mol. The van der Waals surface area contributed by atoms with Crippen molar-refractivity contribution >= 4 is 49.2 Å². The molecule has 0 atom stereocenters. The molecule has 0 aliphatic carbocycles. The van der Waals surface area contributed by atoms with Crippen molar-refractivity contribution in [1.82, 2.24) is 7.96 Å². The van der Waals surface area contributed by atoms with Gasteiger partial charge < -0.3 is 0 Å². The van der Waals surface area contributed by atoms with Crippen molar-refractivity contribution in [3.05, 3.63) is 21.2 Å². The quantitative estimate of drug-likeness (QED) is 0.693. The van der Waals surface area contributed by atoms with Gasteiger partial charge in [0.2, 0.25) is 0 Å². The molecule has 0 radical (unpaired) electrons. The third-order valence-corrected chi connectivity index (χ3v) is 4.20. The predicted octanol–water partition coefficient (Wildman–Crippen LogP) is 2.61. The van der Waals surface area contributed by atoms with Crippen LogP contribution in [0.15, 0.2) is 0 Å². The molecule has 1 aromatic heterocycles. The first-order chi connectivity index (χ1) is 6.13. The van der Waals surface area contributed by atoms with Crippen LogP contribution >= 0.6 is 23.2 Å². The van der Waals surface area contributed by atoms with E-state index in [-0.39, 0.29) is 15.0 Å². The number of benzene rings is 1. The van der Waals surface area contributed by atoms with Crippen molar-refractivity contribution in [2.75, 3.05) is 0 Å². The number of aryl methyl sites for hydroxylation is 2. The zero-order chi connectivity index (χ0) is 9.59. The Labute approximate surface area is 92.1 Å². The zero-order valence-corrected chi connectivity index (χ0v) is 10.3. The topological polar surface area (TPSA) is 25.8 Å². The Hall–Kier alpha value is -0.0805. The second-order valence-electron chi connectivity index (χ2n) is 2.84. The maximum absolute atomic E-state index is 6.04. The zero-order valence-electron chi connectivity index (χ0n) is 7.06. The van der Waals surface area contributed by atoms with E-state index in [4.69, 9.17) is 23.2 Å². The van der Waals surface area contributed by atoms with Gasteiger partial charge in [-0.15, -0.1) is 0 Å². The van der Waals surface area contributed by atoms with Gasteiger partial charge in [0.05, 0.1) is 0 Å². The minimum absolute atomic E-state index is 0.0220. The third-order valence-electron chi connectivity index (χ3n) is 2.05. The Kier molecular flexibility index (Phi) is 2.37. The number of rotatable bonds is 0. The molecular formula is C8H6Cl2N2Se. The molecule has 1 aromatic carbocycles. The molecule has 2 aromatic rings. The molecule has 68 valence electrons. The van der Waals surface area contributed by atoms with Crippen LogP contribution in [0.25, 0.3) is 11.0 Å². The summed E-state index contributed by atoms with van der Waals surface area (Å²) in [4.78, 5) is 0. The van der Waals surface area contributed by atoms with Crippen LogP contribution in [0.4, 0.5) is 0 Å². The summed E-state index contributed by atoms with van der Waals surface area (Å²) < 4.78 is 8.63. The molecule has 0 fully saturated rings. The van der Waals surface area contributed by atoms with Crippen molar-refractivity contribution in [2.45, 2.75) is 13.8 Å². The van der Waals surface area contributed by atoms with E-state index in [1.165, 1.54) is 0 Å². The van der Waals surface area contributed by atoms with E-state index in [2.05, 4.69) is 7.96 Å². The van der Waals surface area contributed by atoms with Gasteiger partial charge in [-0.2, -0.15) is 0 Å². The SMILES string of the molecule is Cc1c(Cl)c(Cl)c(C)c2n[se]nc12. The van der Waals surface area contributed by atoms with Crippen molar-refractivity contribution in [1.29, 1.82) is 0 Å². The number of fused-ring (bicyclic) bond motifs is 1. The fourth-order valence-electron chi connectivity index (χ4n) is 1.22. The van der Waals surface area contributed by atoms with Crippen LogP contribution in [0, 0.1) is 13.8 Å². The molecule has 2 rings (SSSR count). The molecule has 5 heteroatoms. The summed E-state index contributed by atoms with van der Waals surface area (Å²) >= 11 is 12.1. The molecule has 1 heterocycles. The second kappa shape index (κ2) is 3.25. The molecule has 13 heavy (non-hydrogen) atoms. The van der Waals surface area contributed by atoms with Crippen LogP contribution in [0.5, 0.6) is 0 Å². The van der Waals surface area contributed by atoms with Crippen molar-refractivity contribution in [3.63, 3.8) is 0 Å². The van der Waals surface area contributed by atoms with E-state index in [1.807, 2.05) is 13.8 Å².